The van der Waals surface area contributed by atoms with Gasteiger partial charge in [-0.25, -0.2) is 0 Å². The first-order valence-electron chi connectivity index (χ1n) is 5.36. The molecule has 0 aromatic carbocycles. The molecule has 0 saturated heterocycles. The number of hydrogen-bond acceptors (Lipinski definition) is 2. The molecule has 0 spiro atoms. The molecule has 0 heterocycles. The van der Waals surface area contributed by atoms with E-state index in [4.69, 9.17) is 5.11 Å². The Bertz CT molecular complexity index is 200. The summed E-state index contributed by atoms with van der Waals surface area (Å²) in [7, 11) is 0. The van der Waals surface area contributed by atoms with Gasteiger partial charge in [-0.3, -0.25) is 0 Å². The third kappa shape index (κ3) is 1.33. The Kier molecular flexibility index (Phi) is 2.40. The lowest BCUT2D eigenvalue weighted by atomic mass is 9.45. The predicted molar refractivity (Wildman–Crippen MR) is 58.0 cm³/mol. The quantitative estimate of drug-likeness (QED) is 0.656. The number of thiol groups is 1. The Morgan fingerprint density at radius 2 is 2.15 bits per heavy atom. The normalized spacial score (nSPS) is 43.8. The summed E-state index contributed by atoms with van der Waals surface area (Å²) in [6.45, 7) is 5.01. The van der Waals surface area contributed by atoms with Crippen molar-refractivity contribution in [1.82, 2.24) is 0 Å². The van der Waals surface area contributed by atoms with Gasteiger partial charge in [-0.15, -0.1) is 0 Å². The molecular formula is C11H20OS. The van der Waals surface area contributed by atoms with Gasteiger partial charge in [-0.05, 0) is 42.4 Å². The van der Waals surface area contributed by atoms with E-state index >= 15 is 0 Å². The van der Waals surface area contributed by atoms with E-state index < -0.39 is 0 Å². The van der Waals surface area contributed by atoms with Crippen molar-refractivity contribution in [2.24, 2.45) is 23.2 Å². The zero-order valence-corrected chi connectivity index (χ0v) is 9.43. The Labute approximate surface area is 86.3 Å². The van der Waals surface area contributed by atoms with Crippen molar-refractivity contribution >= 4 is 12.6 Å². The second-order valence-electron chi connectivity index (χ2n) is 5.35. The molecule has 3 fully saturated rings. The minimum atomic E-state index is 0.213. The van der Waals surface area contributed by atoms with E-state index in [1.165, 1.54) is 19.3 Å². The minimum absolute atomic E-state index is 0.213. The SMILES string of the molecule is CC1(C)[C@H]2CC[C@H](C(S)CO)[C@H]1C2. The fraction of sp³-hybridized carbons (Fsp3) is 1.00. The van der Waals surface area contributed by atoms with Gasteiger partial charge in [0.25, 0.3) is 0 Å². The standard InChI is InChI=1S/C11H20OS/c1-11(2)7-3-4-8(9(11)5-7)10(13)6-12/h7-10,12-13H,3-6H2,1-2H3/t7-,8-,9+,10?/m0/s1. The molecule has 1 N–H and O–H groups in total. The van der Waals surface area contributed by atoms with Crippen LogP contribution in [0, 0.1) is 23.2 Å². The van der Waals surface area contributed by atoms with Crippen LogP contribution in [0.1, 0.15) is 33.1 Å². The summed E-state index contributed by atoms with van der Waals surface area (Å²) < 4.78 is 0. The number of fused-ring (bicyclic) bond motifs is 2. The van der Waals surface area contributed by atoms with E-state index in [1.807, 2.05) is 0 Å². The highest BCUT2D eigenvalue weighted by Crippen LogP contribution is 2.62. The van der Waals surface area contributed by atoms with Crippen molar-refractivity contribution in [2.45, 2.75) is 38.4 Å². The average molecular weight is 200 g/mol. The van der Waals surface area contributed by atoms with Gasteiger partial charge in [0.15, 0.2) is 0 Å². The lowest BCUT2D eigenvalue weighted by molar-refractivity contribution is -0.107. The molecule has 3 aliphatic carbocycles. The van der Waals surface area contributed by atoms with Crippen LogP contribution in [0.5, 0.6) is 0 Å². The van der Waals surface area contributed by atoms with Crippen LogP contribution in [0.2, 0.25) is 0 Å². The molecule has 0 amide bonds. The highest BCUT2D eigenvalue weighted by atomic mass is 32.1. The second kappa shape index (κ2) is 3.16. The summed E-state index contributed by atoms with van der Waals surface area (Å²) >= 11 is 4.48. The molecule has 3 aliphatic rings. The third-order valence-corrected chi connectivity index (χ3v) is 5.14. The summed E-state index contributed by atoms with van der Waals surface area (Å²) in [5.74, 6) is 2.43. The van der Waals surface area contributed by atoms with Crippen molar-refractivity contribution in [2.75, 3.05) is 6.61 Å². The van der Waals surface area contributed by atoms with Crippen molar-refractivity contribution in [3.8, 4) is 0 Å². The summed E-state index contributed by atoms with van der Waals surface area (Å²) in [4.78, 5) is 0. The van der Waals surface area contributed by atoms with Crippen LogP contribution in [0.3, 0.4) is 0 Å². The van der Waals surface area contributed by atoms with Crippen LogP contribution in [0.25, 0.3) is 0 Å². The zero-order valence-electron chi connectivity index (χ0n) is 8.53. The Morgan fingerprint density at radius 3 is 2.62 bits per heavy atom. The van der Waals surface area contributed by atoms with Gasteiger partial charge < -0.3 is 5.11 Å². The Morgan fingerprint density at radius 1 is 1.46 bits per heavy atom. The molecule has 0 aromatic heterocycles. The zero-order chi connectivity index (χ0) is 9.64. The Hall–Kier alpha value is 0.310. The van der Waals surface area contributed by atoms with Gasteiger partial charge in [0.2, 0.25) is 0 Å². The smallest absolute Gasteiger partial charge is 0.0550 e. The van der Waals surface area contributed by atoms with Gasteiger partial charge in [0.05, 0.1) is 6.61 Å². The average Bonchev–Trinajstić information content (AvgIpc) is 2.16. The number of hydrogen-bond donors (Lipinski definition) is 2. The second-order valence-corrected chi connectivity index (χ2v) is 6.01. The molecule has 0 aromatic rings. The van der Waals surface area contributed by atoms with Crippen LogP contribution in [0.4, 0.5) is 0 Å². The van der Waals surface area contributed by atoms with E-state index in [9.17, 15) is 0 Å². The maximum absolute atomic E-state index is 9.12. The van der Waals surface area contributed by atoms with Gasteiger partial charge in [-0.1, -0.05) is 13.8 Å². The largest absolute Gasteiger partial charge is 0.395 e. The van der Waals surface area contributed by atoms with Crippen molar-refractivity contribution in [1.29, 1.82) is 0 Å². The maximum atomic E-state index is 9.12. The fourth-order valence-corrected chi connectivity index (χ4v) is 3.82. The monoisotopic (exact) mass is 200 g/mol. The topological polar surface area (TPSA) is 20.2 Å². The number of aliphatic hydroxyl groups is 1. The molecule has 13 heavy (non-hydrogen) atoms. The molecule has 0 radical (unpaired) electrons. The molecule has 2 heteroatoms. The summed E-state index contributed by atoms with van der Waals surface area (Å²) in [6.07, 6.45) is 4.02. The van der Waals surface area contributed by atoms with Crippen LogP contribution in [0.15, 0.2) is 0 Å². The van der Waals surface area contributed by atoms with E-state index in [-0.39, 0.29) is 11.9 Å². The summed E-state index contributed by atoms with van der Waals surface area (Å²) in [6, 6.07) is 0. The fourth-order valence-electron chi connectivity index (χ4n) is 3.46. The van der Waals surface area contributed by atoms with E-state index in [0.717, 1.165) is 11.8 Å². The molecular weight excluding hydrogens is 180 g/mol. The molecule has 3 rings (SSSR count). The van der Waals surface area contributed by atoms with Crippen LogP contribution < -0.4 is 0 Å². The number of aliphatic hydroxyl groups excluding tert-OH is 1. The molecule has 0 aliphatic heterocycles. The molecule has 1 unspecified atom stereocenters. The van der Waals surface area contributed by atoms with E-state index in [2.05, 4.69) is 26.5 Å². The van der Waals surface area contributed by atoms with Gasteiger partial charge in [-0.2, -0.15) is 12.6 Å². The first-order valence-corrected chi connectivity index (χ1v) is 5.88. The molecule has 1 nitrogen and oxygen atoms in total. The Balaban J connectivity index is 2.07. The van der Waals surface area contributed by atoms with E-state index in [1.54, 1.807) is 0 Å². The minimum Gasteiger partial charge on any atom is -0.395 e. The third-order valence-electron chi connectivity index (χ3n) is 4.59. The van der Waals surface area contributed by atoms with Crippen LogP contribution >= 0.6 is 12.6 Å². The molecule has 2 bridgehead atoms. The first kappa shape index (κ1) is 9.85. The van der Waals surface area contributed by atoms with Crippen molar-refractivity contribution < 1.29 is 5.11 Å². The predicted octanol–water partition coefficient (Wildman–Crippen LogP) is 2.35. The number of rotatable bonds is 2. The lowest BCUT2D eigenvalue weighted by Crippen LogP contribution is -2.54. The summed E-state index contributed by atoms with van der Waals surface area (Å²) in [5.41, 5.74) is 0.527. The van der Waals surface area contributed by atoms with Crippen LogP contribution in [-0.2, 0) is 0 Å². The van der Waals surface area contributed by atoms with Gasteiger partial charge in [0, 0.05) is 5.25 Å². The van der Waals surface area contributed by atoms with E-state index in [0.29, 0.717) is 11.3 Å². The highest BCUT2D eigenvalue weighted by molar-refractivity contribution is 7.81. The molecule has 4 atom stereocenters. The van der Waals surface area contributed by atoms with Crippen molar-refractivity contribution in [3.05, 3.63) is 0 Å². The molecule has 3 saturated carbocycles. The van der Waals surface area contributed by atoms with Gasteiger partial charge in [0.1, 0.15) is 0 Å². The summed E-state index contributed by atoms with van der Waals surface area (Å²) in [5, 5.41) is 9.33. The first-order chi connectivity index (χ1) is 6.07. The maximum Gasteiger partial charge on any atom is 0.0550 e. The van der Waals surface area contributed by atoms with Crippen molar-refractivity contribution in [3.63, 3.8) is 0 Å². The van der Waals surface area contributed by atoms with Gasteiger partial charge >= 0.3 is 0 Å². The van der Waals surface area contributed by atoms with Crippen LogP contribution in [-0.4, -0.2) is 17.0 Å². The molecule has 76 valence electrons. The lowest BCUT2D eigenvalue weighted by Gasteiger charge is -2.61. The highest BCUT2D eigenvalue weighted by Gasteiger charge is 2.55.